The number of pyridine rings is 1. The summed E-state index contributed by atoms with van der Waals surface area (Å²) in [6, 6.07) is 13.8. The summed E-state index contributed by atoms with van der Waals surface area (Å²) in [5, 5.41) is 10.1. The molecule has 12 nitrogen and oxygen atoms in total. The van der Waals surface area contributed by atoms with Crippen LogP contribution in [-0.4, -0.2) is 77.1 Å². The van der Waals surface area contributed by atoms with Crippen LogP contribution in [0, 0.1) is 17.8 Å². The maximum absolute atomic E-state index is 13.9. The highest BCUT2D eigenvalue weighted by atomic mass is 35.5. The van der Waals surface area contributed by atoms with E-state index < -0.39 is 0 Å². The normalized spacial score (nSPS) is 22.7. The van der Waals surface area contributed by atoms with Gasteiger partial charge in [-0.2, -0.15) is 0 Å². The summed E-state index contributed by atoms with van der Waals surface area (Å²) >= 11 is 7.13. The lowest BCUT2D eigenvalue weighted by atomic mass is 9.80. The summed E-state index contributed by atoms with van der Waals surface area (Å²) < 4.78 is 12.9. The number of hydrogen-bond acceptors (Lipinski definition) is 9. The van der Waals surface area contributed by atoms with Crippen molar-refractivity contribution in [3.63, 3.8) is 0 Å². The van der Waals surface area contributed by atoms with Gasteiger partial charge in [0.1, 0.15) is 5.75 Å². The van der Waals surface area contributed by atoms with Gasteiger partial charge in [-0.1, -0.05) is 35.9 Å². The average molecular weight is 794 g/mol. The highest BCUT2D eigenvalue weighted by Crippen LogP contribution is 2.63. The lowest BCUT2D eigenvalue weighted by Crippen LogP contribution is -2.35. The van der Waals surface area contributed by atoms with Crippen LogP contribution >= 0.6 is 11.6 Å². The Hall–Kier alpha value is -4.78. The highest BCUT2D eigenvalue weighted by molar-refractivity contribution is 6.35. The third-order valence-electron chi connectivity index (χ3n) is 13.2. The SMILES string of the molecule is COC(=O)C12CCC(CCN3CCc4c(nc(C(=O)Nc5cccc(-c6ccnc(-c7ccc(CNC[C@@H]8CCC(=O)N8)c(OC)c7)c6Cl)c5C)n4C)C3)(CC1)C2. The number of methoxy groups -OCH3 is 2. The van der Waals surface area contributed by atoms with Crippen LogP contribution in [0.5, 0.6) is 5.75 Å². The number of esters is 1. The number of fused-ring (bicyclic) bond motifs is 3. The number of halogens is 1. The second-order valence-corrected chi connectivity index (χ2v) is 16.9. The molecule has 3 N–H and O–H groups in total. The molecule has 0 spiro atoms. The van der Waals surface area contributed by atoms with Gasteiger partial charge in [0, 0.05) is 86.4 Å². The molecule has 1 atom stereocenters. The number of carbonyl (C=O) groups excluding carboxylic acids is 3. The van der Waals surface area contributed by atoms with Crippen LogP contribution in [0.25, 0.3) is 22.4 Å². The largest absolute Gasteiger partial charge is 0.496 e. The van der Waals surface area contributed by atoms with Crippen molar-refractivity contribution in [1.29, 1.82) is 0 Å². The number of aromatic nitrogens is 3. The molecular weight excluding hydrogens is 742 g/mol. The number of benzene rings is 2. The maximum atomic E-state index is 13.9. The third kappa shape index (κ3) is 7.55. The van der Waals surface area contributed by atoms with E-state index in [1.54, 1.807) is 13.3 Å². The first kappa shape index (κ1) is 39.1. The number of carbonyl (C=O) groups is 3. The molecule has 0 radical (unpaired) electrons. The zero-order chi connectivity index (χ0) is 39.9. The number of rotatable bonds is 13. The van der Waals surface area contributed by atoms with E-state index in [9.17, 15) is 14.4 Å². The van der Waals surface area contributed by atoms with E-state index in [0.29, 0.717) is 54.0 Å². The fourth-order valence-corrected chi connectivity index (χ4v) is 10.2. The molecule has 2 aromatic carbocycles. The fourth-order valence-electron chi connectivity index (χ4n) is 9.88. The minimum Gasteiger partial charge on any atom is -0.496 e. The molecule has 0 unspecified atom stereocenters. The van der Waals surface area contributed by atoms with E-state index in [-0.39, 0.29) is 34.7 Å². The monoisotopic (exact) mass is 793 g/mol. The van der Waals surface area contributed by atoms with Crippen LogP contribution in [0.4, 0.5) is 5.69 Å². The van der Waals surface area contributed by atoms with Crippen LogP contribution in [0.2, 0.25) is 5.02 Å². The second-order valence-electron chi connectivity index (χ2n) is 16.5. The number of nitrogens with one attached hydrogen (secondary N) is 3. The molecule has 2 aromatic heterocycles. The van der Waals surface area contributed by atoms with Crippen molar-refractivity contribution in [2.45, 2.75) is 83.8 Å². The predicted octanol–water partition coefficient (Wildman–Crippen LogP) is 6.61. The minimum absolute atomic E-state index is 0.0290. The van der Waals surface area contributed by atoms with Gasteiger partial charge in [0.15, 0.2) is 5.82 Å². The van der Waals surface area contributed by atoms with Gasteiger partial charge in [0.05, 0.1) is 36.0 Å². The molecule has 8 rings (SSSR count). The first-order valence-electron chi connectivity index (χ1n) is 20.1. The second kappa shape index (κ2) is 15.9. The summed E-state index contributed by atoms with van der Waals surface area (Å²) in [6.45, 7) is 5.84. The number of ether oxygens (including phenoxy) is 2. The molecule has 2 saturated carbocycles. The topological polar surface area (TPSA) is 140 Å². The molecule has 2 bridgehead atoms. The third-order valence-corrected chi connectivity index (χ3v) is 13.6. The molecule has 1 saturated heterocycles. The van der Waals surface area contributed by atoms with Gasteiger partial charge in [0.2, 0.25) is 5.91 Å². The fraction of sp³-hybridized carbons (Fsp3) is 0.477. The Labute approximate surface area is 339 Å². The lowest BCUT2D eigenvalue weighted by Gasteiger charge is -2.32. The van der Waals surface area contributed by atoms with Gasteiger partial charge in [-0.05, 0) is 93.2 Å². The molecular formula is C44H52ClN7O5. The van der Waals surface area contributed by atoms with Gasteiger partial charge in [-0.3, -0.25) is 24.3 Å². The molecule has 4 aliphatic rings. The number of imidazole rings is 1. The zero-order valence-electron chi connectivity index (χ0n) is 33.3. The van der Waals surface area contributed by atoms with Gasteiger partial charge >= 0.3 is 5.97 Å². The van der Waals surface area contributed by atoms with Crippen LogP contribution < -0.4 is 20.7 Å². The van der Waals surface area contributed by atoms with E-state index >= 15 is 0 Å². The van der Waals surface area contributed by atoms with Crippen molar-refractivity contribution in [3.8, 4) is 28.1 Å². The predicted molar refractivity (Wildman–Crippen MR) is 219 cm³/mol. The molecule has 300 valence electrons. The van der Waals surface area contributed by atoms with E-state index in [1.807, 2.05) is 61.0 Å². The Kier molecular flexibility index (Phi) is 10.9. The van der Waals surface area contributed by atoms with Crippen LogP contribution in [0.1, 0.15) is 84.5 Å². The Morgan fingerprint density at radius 2 is 1.89 bits per heavy atom. The molecule has 4 aromatic rings. The standard InChI is InChI=1S/C44H52ClN7O5/c1-27-31(32-12-19-47-39(38(32)45)28-8-9-29(36(22-28)56-3)23-46-24-30-10-11-37(53)48-30)6-5-7-33(27)50-41(54)40-49-34-25-52(20-13-35(34)51(40)2)21-18-43-14-16-44(26-43,17-15-43)42(55)57-4/h5-9,12,19,22,30,46H,10-11,13-18,20-21,23-26H2,1-4H3,(H,48,53)(H,50,54)/t30-,43?,44?/m0/s1. The van der Waals surface area contributed by atoms with Gasteiger partial charge in [-0.15, -0.1) is 0 Å². The Morgan fingerprint density at radius 3 is 2.65 bits per heavy atom. The Morgan fingerprint density at radius 1 is 1.07 bits per heavy atom. The molecule has 3 fully saturated rings. The van der Waals surface area contributed by atoms with E-state index in [1.165, 1.54) is 7.11 Å². The quantitative estimate of drug-likeness (QED) is 0.128. The Balaban J connectivity index is 0.935. The summed E-state index contributed by atoms with van der Waals surface area (Å²) in [7, 11) is 5.08. The number of nitrogens with zero attached hydrogens (tertiary/aromatic N) is 4. The summed E-state index contributed by atoms with van der Waals surface area (Å²) in [6.07, 6.45) is 10.1. The first-order chi connectivity index (χ1) is 27.5. The van der Waals surface area contributed by atoms with Crippen molar-refractivity contribution in [2.24, 2.45) is 17.9 Å². The van der Waals surface area contributed by atoms with Crippen LogP contribution in [-0.2, 0) is 40.9 Å². The molecule has 2 aliphatic heterocycles. The average Bonchev–Trinajstić information content (AvgIpc) is 4.00. The summed E-state index contributed by atoms with van der Waals surface area (Å²) in [5.74, 6) is 0.923. The maximum Gasteiger partial charge on any atom is 0.311 e. The van der Waals surface area contributed by atoms with Crippen molar-refractivity contribution in [2.75, 3.05) is 39.2 Å². The van der Waals surface area contributed by atoms with Crippen LogP contribution in [0.3, 0.4) is 0 Å². The minimum atomic E-state index is -0.267. The van der Waals surface area contributed by atoms with E-state index in [2.05, 4.69) is 25.8 Å². The van der Waals surface area contributed by atoms with Gasteiger partial charge in [-0.25, -0.2) is 4.98 Å². The van der Waals surface area contributed by atoms with Crippen molar-refractivity contribution in [1.82, 2.24) is 30.1 Å². The number of anilines is 1. The lowest BCUT2D eigenvalue weighted by molar-refractivity contribution is -0.152. The summed E-state index contributed by atoms with van der Waals surface area (Å²) in [5.41, 5.74) is 7.70. The van der Waals surface area contributed by atoms with Crippen LogP contribution in [0.15, 0.2) is 48.7 Å². The van der Waals surface area contributed by atoms with Crippen molar-refractivity contribution in [3.05, 3.63) is 82.0 Å². The molecule has 2 aliphatic carbocycles. The van der Waals surface area contributed by atoms with Crippen molar-refractivity contribution >= 4 is 35.1 Å². The molecule has 2 amide bonds. The molecule has 57 heavy (non-hydrogen) atoms. The van der Waals surface area contributed by atoms with E-state index in [0.717, 1.165) is 104 Å². The van der Waals surface area contributed by atoms with Gasteiger partial charge < -0.3 is 30.0 Å². The number of amides is 2. The van der Waals surface area contributed by atoms with Crippen molar-refractivity contribution < 1.29 is 23.9 Å². The summed E-state index contributed by atoms with van der Waals surface area (Å²) in [4.78, 5) is 49.9. The number of hydrogen-bond donors (Lipinski definition) is 3. The Bertz CT molecular complexity index is 2210. The van der Waals surface area contributed by atoms with Gasteiger partial charge in [0.25, 0.3) is 5.91 Å². The molecule has 4 heterocycles. The first-order valence-corrected chi connectivity index (χ1v) is 20.5. The smallest absolute Gasteiger partial charge is 0.311 e. The van der Waals surface area contributed by atoms with E-state index in [4.69, 9.17) is 26.1 Å². The molecule has 13 heteroatoms. The highest BCUT2D eigenvalue weighted by Gasteiger charge is 2.58. The zero-order valence-corrected chi connectivity index (χ0v) is 34.1.